The number of nitrogens with one attached hydrogen (secondary N) is 1. The normalized spacial score (nSPS) is 13.7. The molecular weight excluding hydrogens is 240 g/mol. The summed E-state index contributed by atoms with van der Waals surface area (Å²) in [6.07, 6.45) is 1.55. The van der Waals surface area contributed by atoms with Crippen molar-refractivity contribution in [1.82, 2.24) is 5.32 Å². The Hall–Kier alpha value is -1.55. The number of nitrogens with two attached hydrogens (primary N) is 1. The van der Waals surface area contributed by atoms with Crippen molar-refractivity contribution in [2.24, 2.45) is 5.73 Å². The third-order valence-electron chi connectivity index (χ3n) is 2.90. The number of hydrogen-bond donors (Lipinski definition) is 2. The van der Waals surface area contributed by atoms with Gasteiger partial charge in [-0.25, -0.2) is 0 Å². The molecule has 0 radical (unpaired) electrons. The Morgan fingerprint density at radius 3 is 2.79 bits per heavy atom. The molecule has 1 unspecified atom stereocenters. The van der Waals surface area contributed by atoms with Gasteiger partial charge in [0.15, 0.2) is 6.10 Å². The molecule has 0 bridgehead atoms. The van der Waals surface area contributed by atoms with Gasteiger partial charge in [-0.15, -0.1) is 0 Å². The predicted octanol–water partition coefficient (Wildman–Crippen LogP) is 2.39. The van der Waals surface area contributed by atoms with Crippen molar-refractivity contribution in [3.05, 3.63) is 29.8 Å². The van der Waals surface area contributed by atoms with Gasteiger partial charge in [0.2, 0.25) is 0 Å². The second kappa shape index (κ2) is 7.79. The molecule has 4 heteroatoms. The van der Waals surface area contributed by atoms with E-state index in [4.69, 9.17) is 10.5 Å². The fourth-order valence-electron chi connectivity index (χ4n) is 1.66. The van der Waals surface area contributed by atoms with E-state index in [0.29, 0.717) is 12.3 Å². The maximum Gasteiger partial charge on any atom is 0.260 e. The Bertz CT molecular complexity index is 405. The second-order valence-electron chi connectivity index (χ2n) is 4.77. The van der Waals surface area contributed by atoms with Crippen LogP contribution in [0.15, 0.2) is 24.3 Å². The molecule has 1 aromatic rings. The largest absolute Gasteiger partial charge is 0.481 e. The van der Waals surface area contributed by atoms with Crippen LogP contribution in [0.25, 0.3) is 0 Å². The molecule has 0 heterocycles. The molecule has 0 aliphatic carbocycles. The predicted molar refractivity (Wildman–Crippen MR) is 77.1 cm³/mol. The highest BCUT2D eigenvalue weighted by molar-refractivity contribution is 5.80. The Morgan fingerprint density at radius 1 is 1.42 bits per heavy atom. The second-order valence-corrected chi connectivity index (χ2v) is 4.77. The van der Waals surface area contributed by atoms with Gasteiger partial charge in [-0.2, -0.15) is 0 Å². The van der Waals surface area contributed by atoms with Gasteiger partial charge in [-0.1, -0.05) is 25.5 Å². The van der Waals surface area contributed by atoms with Crippen LogP contribution in [0.5, 0.6) is 5.75 Å². The first-order valence-electron chi connectivity index (χ1n) is 6.84. The van der Waals surface area contributed by atoms with Gasteiger partial charge >= 0.3 is 0 Å². The van der Waals surface area contributed by atoms with E-state index in [-0.39, 0.29) is 11.9 Å². The molecule has 0 aliphatic rings. The van der Waals surface area contributed by atoms with Crippen LogP contribution in [0.4, 0.5) is 0 Å². The summed E-state index contributed by atoms with van der Waals surface area (Å²) >= 11 is 0. The summed E-state index contributed by atoms with van der Waals surface area (Å²) in [6.45, 7) is 6.45. The highest BCUT2D eigenvalue weighted by Gasteiger charge is 2.14. The van der Waals surface area contributed by atoms with Gasteiger partial charge in [-0.05, 0) is 38.0 Å². The lowest BCUT2D eigenvalue weighted by Crippen LogP contribution is -2.36. The van der Waals surface area contributed by atoms with E-state index in [2.05, 4.69) is 12.2 Å². The van der Waals surface area contributed by atoms with Crippen LogP contribution in [0.3, 0.4) is 0 Å². The smallest absolute Gasteiger partial charge is 0.260 e. The number of carbonyl (C=O) groups excluding carboxylic acids is 1. The summed E-state index contributed by atoms with van der Waals surface area (Å²) in [5.74, 6) is 0.590. The SMILES string of the molecule is CCCCNC(=O)C(C)Oc1cccc([C@@H](C)N)c1. The molecule has 0 aromatic heterocycles. The van der Waals surface area contributed by atoms with Crippen molar-refractivity contribution >= 4 is 5.91 Å². The number of unbranched alkanes of at least 4 members (excludes halogenated alkanes) is 1. The van der Waals surface area contributed by atoms with Crippen molar-refractivity contribution in [3.8, 4) is 5.75 Å². The first-order valence-corrected chi connectivity index (χ1v) is 6.84. The Labute approximate surface area is 115 Å². The molecule has 0 fully saturated rings. The molecule has 0 aliphatic heterocycles. The molecule has 3 N–H and O–H groups in total. The minimum Gasteiger partial charge on any atom is -0.481 e. The molecule has 0 saturated heterocycles. The maximum atomic E-state index is 11.8. The summed E-state index contributed by atoms with van der Waals surface area (Å²) < 4.78 is 5.63. The molecule has 1 aromatic carbocycles. The zero-order valence-corrected chi connectivity index (χ0v) is 12.0. The number of carbonyl (C=O) groups is 1. The minimum atomic E-state index is -0.500. The average molecular weight is 264 g/mol. The summed E-state index contributed by atoms with van der Waals surface area (Å²) in [7, 11) is 0. The van der Waals surface area contributed by atoms with E-state index in [1.165, 1.54) is 0 Å². The highest BCUT2D eigenvalue weighted by Crippen LogP contribution is 2.18. The van der Waals surface area contributed by atoms with Crippen molar-refractivity contribution in [1.29, 1.82) is 0 Å². The first kappa shape index (κ1) is 15.5. The van der Waals surface area contributed by atoms with Gasteiger partial charge in [0.05, 0.1) is 0 Å². The van der Waals surface area contributed by atoms with E-state index in [0.717, 1.165) is 18.4 Å². The molecule has 0 saturated carbocycles. The van der Waals surface area contributed by atoms with E-state index in [1.807, 2.05) is 31.2 Å². The summed E-state index contributed by atoms with van der Waals surface area (Å²) in [6, 6.07) is 7.50. The minimum absolute atomic E-state index is 0.0442. The number of ether oxygens (including phenoxy) is 1. The third kappa shape index (κ3) is 5.30. The lowest BCUT2D eigenvalue weighted by molar-refractivity contribution is -0.127. The van der Waals surface area contributed by atoms with E-state index in [1.54, 1.807) is 6.92 Å². The van der Waals surface area contributed by atoms with E-state index < -0.39 is 6.10 Å². The number of hydrogen-bond acceptors (Lipinski definition) is 3. The molecule has 2 atom stereocenters. The number of benzene rings is 1. The molecular formula is C15H24N2O2. The van der Waals surface area contributed by atoms with Gasteiger partial charge in [0, 0.05) is 12.6 Å². The molecule has 19 heavy (non-hydrogen) atoms. The zero-order valence-electron chi connectivity index (χ0n) is 12.0. The molecule has 1 rings (SSSR count). The van der Waals surface area contributed by atoms with E-state index >= 15 is 0 Å². The molecule has 0 spiro atoms. The van der Waals surface area contributed by atoms with Gasteiger partial charge in [0.25, 0.3) is 5.91 Å². The van der Waals surface area contributed by atoms with Crippen LogP contribution < -0.4 is 15.8 Å². The molecule has 4 nitrogen and oxygen atoms in total. The first-order chi connectivity index (χ1) is 9.04. The van der Waals surface area contributed by atoms with Gasteiger partial charge in [-0.3, -0.25) is 4.79 Å². The van der Waals surface area contributed by atoms with Crippen molar-refractivity contribution in [3.63, 3.8) is 0 Å². The topological polar surface area (TPSA) is 64.3 Å². The van der Waals surface area contributed by atoms with Crippen LogP contribution in [-0.4, -0.2) is 18.6 Å². The van der Waals surface area contributed by atoms with E-state index in [9.17, 15) is 4.79 Å². The zero-order chi connectivity index (χ0) is 14.3. The summed E-state index contributed by atoms with van der Waals surface area (Å²) in [5.41, 5.74) is 6.82. The van der Waals surface area contributed by atoms with Crippen molar-refractivity contribution in [2.45, 2.75) is 45.8 Å². The number of rotatable bonds is 7. The summed E-state index contributed by atoms with van der Waals surface area (Å²) in [5, 5.41) is 2.85. The number of amides is 1. The van der Waals surface area contributed by atoms with Gasteiger partial charge < -0.3 is 15.8 Å². The maximum absolute atomic E-state index is 11.8. The lowest BCUT2D eigenvalue weighted by Gasteiger charge is -2.16. The monoisotopic (exact) mass is 264 g/mol. The molecule has 1 amide bonds. The highest BCUT2D eigenvalue weighted by atomic mass is 16.5. The third-order valence-corrected chi connectivity index (χ3v) is 2.90. The fraction of sp³-hybridized carbons (Fsp3) is 0.533. The Kier molecular flexibility index (Phi) is 6.36. The Morgan fingerprint density at radius 2 is 2.16 bits per heavy atom. The summed E-state index contributed by atoms with van der Waals surface area (Å²) in [4.78, 5) is 11.8. The van der Waals surface area contributed by atoms with Crippen LogP contribution in [0, 0.1) is 0 Å². The fourth-order valence-corrected chi connectivity index (χ4v) is 1.66. The van der Waals surface area contributed by atoms with Crippen LogP contribution >= 0.6 is 0 Å². The van der Waals surface area contributed by atoms with Crippen molar-refractivity contribution in [2.75, 3.05) is 6.54 Å². The van der Waals surface area contributed by atoms with Crippen molar-refractivity contribution < 1.29 is 9.53 Å². The average Bonchev–Trinajstić information content (AvgIpc) is 2.39. The Balaban J connectivity index is 2.53. The van der Waals surface area contributed by atoms with Gasteiger partial charge in [0.1, 0.15) is 5.75 Å². The lowest BCUT2D eigenvalue weighted by atomic mass is 10.1. The van der Waals surface area contributed by atoms with Crippen LogP contribution in [-0.2, 0) is 4.79 Å². The quantitative estimate of drug-likeness (QED) is 0.743. The standard InChI is InChI=1S/C15H24N2O2/c1-4-5-9-17-15(18)12(3)19-14-8-6-7-13(10-14)11(2)16/h6-8,10-12H,4-5,9,16H2,1-3H3,(H,17,18)/t11-,12?/m1/s1. The van der Waals surface area contributed by atoms with Crippen LogP contribution in [0.2, 0.25) is 0 Å². The molecule has 106 valence electrons. The van der Waals surface area contributed by atoms with Crippen LogP contribution in [0.1, 0.15) is 45.2 Å².